The lowest BCUT2D eigenvalue weighted by molar-refractivity contribution is -0.154. The van der Waals surface area contributed by atoms with Gasteiger partial charge in [-0.15, -0.1) is 0 Å². The molecule has 0 radical (unpaired) electrons. The Kier molecular flexibility index (Phi) is 40.5. The van der Waals surface area contributed by atoms with E-state index in [9.17, 15) is 19.4 Å². The highest BCUT2D eigenvalue weighted by molar-refractivity contribution is 7.47. The van der Waals surface area contributed by atoms with Gasteiger partial charge in [-0.05, 0) is 83.5 Å². The summed E-state index contributed by atoms with van der Waals surface area (Å²) >= 11 is 0. The summed E-state index contributed by atoms with van der Waals surface area (Å²) in [5.41, 5.74) is 0. The lowest BCUT2D eigenvalue weighted by atomic mass is 10.1. The van der Waals surface area contributed by atoms with E-state index in [0.29, 0.717) is 13.0 Å². The van der Waals surface area contributed by atoms with Gasteiger partial charge in [-0.2, -0.15) is 0 Å². The maximum Gasteiger partial charge on any atom is 0.472 e. The molecule has 3 atom stereocenters. The molecule has 0 aromatic carbocycles. The molecule has 0 heterocycles. The van der Waals surface area contributed by atoms with Gasteiger partial charge in [-0.1, -0.05) is 150 Å². The Hall–Kier alpha value is -2.36. The largest absolute Gasteiger partial charge is 0.472 e. The minimum absolute atomic E-state index is 0.000592. The van der Waals surface area contributed by atoms with Crippen LogP contribution in [0.15, 0.2) is 85.1 Å². The highest BCUT2D eigenvalue weighted by atomic mass is 31.2. The molecule has 0 saturated carbocycles. The summed E-state index contributed by atoms with van der Waals surface area (Å²) in [6.07, 6.45) is 51.3. The monoisotopic (exact) mass is 807 g/mol. The van der Waals surface area contributed by atoms with E-state index in [2.05, 4.69) is 98.9 Å². The lowest BCUT2D eigenvalue weighted by Gasteiger charge is -2.20. The molecule has 0 saturated heterocycles. The van der Waals surface area contributed by atoms with Crippen molar-refractivity contribution in [3.05, 3.63) is 85.1 Å². The number of hydrogen-bond donors (Lipinski definition) is 3. The molecule has 0 aromatic rings. The van der Waals surface area contributed by atoms with Crippen LogP contribution in [0, 0.1) is 0 Å². The van der Waals surface area contributed by atoms with Gasteiger partial charge in [0.2, 0.25) is 0 Å². The number of esters is 1. The van der Waals surface area contributed by atoms with Crippen molar-refractivity contribution in [2.45, 2.75) is 167 Å². The molecular weight excluding hydrogens is 727 g/mol. The van der Waals surface area contributed by atoms with Crippen LogP contribution in [-0.2, 0) is 27.9 Å². The molecule has 322 valence electrons. The van der Waals surface area contributed by atoms with E-state index in [0.717, 1.165) is 89.9 Å². The highest BCUT2D eigenvalue weighted by Crippen LogP contribution is 2.43. The van der Waals surface area contributed by atoms with Crippen molar-refractivity contribution >= 4 is 13.8 Å². The molecule has 0 aliphatic carbocycles. The fourth-order valence-corrected chi connectivity index (χ4v) is 6.10. The lowest BCUT2D eigenvalue weighted by Crippen LogP contribution is -2.29. The second-order valence-electron chi connectivity index (χ2n) is 14.0. The summed E-state index contributed by atoms with van der Waals surface area (Å²) in [6, 6.07) is 0. The molecule has 0 rings (SSSR count). The van der Waals surface area contributed by atoms with Crippen LogP contribution in [0.4, 0.5) is 0 Å². The number of phosphoric acid groups is 1. The summed E-state index contributed by atoms with van der Waals surface area (Å²) in [5.74, 6) is -0.417. The van der Waals surface area contributed by atoms with Gasteiger partial charge in [0.15, 0.2) is 0 Å². The second kappa shape index (κ2) is 42.3. The third kappa shape index (κ3) is 41.3. The molecule has 10 heteroatoms. The zero-order valence-corrected chi connectivity index (χ0v) is 36.0. The first kappa shape index (κ1) is 53.6. The zero-order chi connectivity index (χ0) is 41.1. The Labute approximate surface area is 341 Å². The van der Waals surface area contributed by atoms with E-state index >= 15 is 0 Å². The number of phosphoric ester groups is 1. The number of carbonyl (C=O) groups is 1. The maximum absolute atomic E-state index is 12.6. The topological polar surface area (TPSA) is 132 Å². The number of hydrogen-bond acceptors (Lipinski definition) is 8. The predicted octanol–water partition coefficient (Wildman–Crippen LogP) is 11.9. The second-order valence-corrected chi connectivity index (χ2v) is 15.4. The summed E-state index contributed by atoms with van der Waals surface area (Å²) in [5, 5.41) is 18.3. The van der Waals surface area contributed by atoms with Crippen LogP contribution >= 0.6 is 7.82 Å². The van der Waals surface area contributed by atoms with E-state index in [4.69, 9.17) is 23.6 Å². The van der Waals surface area contributed by atoms with Crippen LogP contribution in [-0.4, -0.2) is 66.3 Å². The smallest absolute Gasteiger partial charge is 0.457 e. The van der Waals surface area contributed by atoms with Gasteiger partial charge in [0.1, 0.15) is 12.2 Å². The summed E-state index contributed by atoms with van der Waals surface area (Å²) in [4.78, 5) is 22.6. The summed E-state index contributed by atoms with van der Waals surface area (Å²) in [7, 11) is -4.54. The molecule has 3 N–H and O–H groups in total. The van der Waals surface area contributed by atoms with Gasteiger partial charge in [0.25, 0.3) is 0 Å². The van der Waals surface area contributed by atoms with E-state index in [1.54, 1.807) is 0 Å². The first-order valence-electron chi connectivity index (χ1n) is 21.6. The average molecular weight is 807 g/mol. The van der Waals surface area contributed by atoms with Gasteiger partial charge < -0.3 is 24.6 Å². The minimum atomic E-state index is -4.54. The van der Waals surface area contributed by atoms with Crippen LogP contribution < -0.4 is 0 Å². The van der Waals surface area contributed by atoms with Crippen LogP contribution in [0.25, 0.3) is 0 Å². The molecular formula is C46H79O9P. The first-order chi connectivity index (χ1) is 27.3. The normalized spacial score (nSPS) is 14.9. The van der Waals surface area contributed by atoms with Crippen molar-refractivity contribution in [1.29, 1.82) is 0 Å². The van der Waals surface area contributed by atoms with Crippen LogP contribution in [0.3, 0.4) is 0 Å². The third-order valence-corrected chi connectivity index (χ3v) is 9.52. The van der Waals surface area contributed by atoms with Crippen LogP contribution in [0.5, 0.6) is 0 Å². The number of aliphatic hydroxyl groups excluding tert-OH is 2. The number of allylic oxidation sites excluding steroid dienone is 14. The Morgan fingerprint density at radius 1 is 0.571 bits per heavy atom. The number of aliphatic hydroxyl groups is 2. The van der Waals surface area contributed by atoms with Crippen molar-refractivity contribution in [3.8, 4) is 0 Å². The molecule has 0 spiro atoms. The molecule has 0 aromatic heterocycles. The number of rotatable bonds is 40. The molecule has 3 unspecified atom stereocenters. The van der Waals surface area contributed by atoms with Crippen LogP contribution in [0.2, 0.25) is 0 Å². The first-order valence-corrected chi connectivity index (χ1v) is 23.1. The molecule has 9 nitrogen and oxygen atoms in total. The van der Waals surface area contributed by atoms with E-state index in [1.165, 1.54) is 38.5 Å². The molecule has 0 bridgehead atoms. The molecule has 0 aliphatic rings. The minimum Gasteiger partial charge on any atom is -0.457 e. The third-order valence-electron chi connectivity index (χ3n) is 8.56. The quantitative estimate of drug-likeness (QED) is 0.0240. The van der Waals surface area contributed by atoms with Crippen molar-refractivity contribution in [3.63, 3.8) is 0 Å². The zero-order valence-electron chi connectivity index (χ0n) is 35.1. The van der Waals surface area contributed by atoms with Crippen LogP contribution in [0.1, 0.15) is 155 Å². The van der Waals surface area contributed by atoms with E-state index in [-0.39, 0.29) is 13.0 Å². The summed E-state index contributed by atoms with van der Waals surface area (Å²) < 4.78 is 33.2. The Balaban J connectivity index is 4.28. The van der Waals surface area contributed by atoms with Gasteiger partial charge in [-0.3, -0.25) is 13.8 Å². The Morgan fingerprint density at radius 2 is 1.02 bits per heavy atom. The number of ether oxygens (including phenoxy) is 2. The summed E-state index contributed by atoms with van der Waals surface area (Å²) in [6.45, 7) is 3.20. The van der Waals surface area contributed by atoms with E-state index < -0.39 is 45.8 Å². The van der Waals surface area contributed by atoms with Gasteiger partial charge in [0, 0.05) is 13.0 Å². The maximum atomic E-state index is 12.6. The Bertz CT molecular complexity index is 1140. The Morgan fingerprint density at radius 3 is 1.54 bits per heavy atom. The predicted molar refractivity (Wildman–Crippen MR) is 232 cm³/mol. The number of unbranched alkanes of at least 4 members (excludes halogenated alkanes) is 12. The van der Waals surface area contributed by atoms with Crippen molar-refractivity contribution in [1.82, 2.24) is 0 Å². The molecule has 0 amide bonds. The SMILES string of the molecule is CC/C=C\C/C=C\C/C=C\C/C=C\CCCOCC(COP(=O)(O)OCC(O)CO)OC(=O)CCCCCCCC/C=C\C/C=C\C/C=C\CCCCCCC. The van der Waals surface area contributed by atoms with Gasteiger partial charge in [0.05, 0.1) is 26.4 Å². The molecule has 0 fully saturated rings. The number of carbonyl (C=O) groups excluding carboxylic acids is 1. The van der Waals surface area contributed by atoms with E-state index in [1.807, 2.05) is 0 Å². The standard InChI is InChI=1S/C46H79O9P/c1-3-5-7-9-11-13-15-17-19-20-21-22-23-24-25-26-28-30-32-34-36-38-46(49)55-45(43-54-56(50,51)53-41-44(48)40-47)42-52-39-37-35-33-31-29-27-18-16-14-12-10-8-6-4-2/h6,8,12,14-15,17-18,20-21,23-24,27,31,33,44-45,47-48H,3-5,7,9-11,13,16,19,22,25-26,28-30,32,34-43H2,1-2H3,(H,50,51)/b8-6-,14-12-,17-15-,21-20-,24-23-,27-18-,33-31-. The fourth-order valence-electron chi connectivity index (χ4n) is 5.31. The van der Waals surface area contributed by atoms with Gasteiger partial charge >= 0.3 is 13.8 Å². The van der Waals surface area contributed by atoms with Crippen molar-refractivity contribution < 1.29 is 43.0 Å². The highest BCUT2D eigenvalue weighted by Gasteiger charge is 2.26. The van der Waals surface area contributed by atoms with Crippen molar-refractivity contribution in [2.75, 3.05) is 33.0 Å². The van der Waals surface area contributed by atoms with Crippen molar-refractivity contribution in [2.24, 2.45) is 0 Å². The molecule has 0 aliphatic heterocycles. The fraction of sp³-hybridized carbons (Fsp3) is 0.674. The average Bonchev–Trinajstić information content (AvgIpc) is 3.19. The molecule has 56 heavy (non-hydrogen) atoms. The van der Waals surface area contributed by atoms with Gasteiger partial charge in [-0.25, -0.2) is 4.57 Å².